The minimum absolute atomic E-state index is 0.222. The zero-order valence-electron chi connectivity index (χ0n) is 22.6. The van der Waals surface area contributed by atoms with Gasteiger partial charge in [0.15, 0.2) is 0 Å². The van der Waals surface area contributed by atoms with Gasteiger partial charge in [0, 0.05) is 60.5 Å². The molecular formula is C33H35N3O3S. The SMILES string of the molecule is O=c1ccc2ccc(OCCCCN3CCN(c4cccc5sccc45)CC3)cc2n1C(O)Cc1ccccc1. The van der Waals surface area contributed by atoms with Crippen molar-refractivity contribution in [1.29, 1.82) is 0 Å². The molecule has 1 unspecified atom stereocenters. The fraction of sp³-hybridized carbons (Fsp3) is 0.303. The summed E-state index contributed by atoms with van der Waals surface area (Å²) in [4.78, 5) is 17.8. The molecule has 3 aromatic carbocycles. The molecule has 0 bridgehead atoms. The number of hydrogen-bond donors (Lipinski definition) is 1. The van der Waals surface area contributed by atoms with Crippen molar-refractivity contribution >= 4 is 38.0 Å². The predicted molar refractivity (Wildman–Crippen MR) is 165 cm³/mol. The molecule has 6 nitrogen and oxygen atoms in total. The first-order valence-electron chi connectivity index (χ1n) is 14.1. The van der Waals surface area contributed by atoms with Crippen molar-refractivity contribution in [2.45, 2.75) is 25.5 Å². The molecule has 1 saturated heterocycles. The number of ether oxygens (including phenoxy) is 1. The van der Waals surface area contributed by atoms with Gasteiger partial charge in [-0.25, -0.2) is 0 Å². The number of fused-ring (bicyclic) bond motifs is 2. The Labute approximate surface area is 238 Å². The lowest BCUT2D eigenvalue weighted by Gasteiger charge is -2.36. The molecular weight excluding hydrogens is 518 g/mol. The van der Waals surface area contributed by atoms with Crippen LogP contribution in [0.4, 0.5) is 5.69 Å². The molecule has 3 heterocycles. The van der Waals surface area contributed by atoms with Crippen molar-refractivity contribution in [3.63, 3.8) is 0 Å². The Bertz CT molecular complexity index is 1620. The molecule has 5 aromatic rings. The molecule has 1 N–H and O–H groups in total. The Morgan fingerprint density at radius 1 is 0.875 bits per heavy atom. The molecule has 0 saturated carbocycles. The molecule has 40 heavy (non-hydrogen) atoms. The molecule has 2 aromatic heterocycles. The fourth-order valence-corrected chi connectivity index (χ4v) is 6.45. The first kappa shape index (κ1) is 26.6. The molecule has 0 amide bonds. The van der Waals surface area contributed by atoms with Gasteiger partial charge in [0.2, 0.25) is 0 Å². The number of pyridine rings is 1. The van der Waals surface area contributed by atoms with Gasteiger partial charge in [0.05, 0.1) is 12.1 Å². The Morgan fingerprint density at radius 2 is 1.70 bits per heavy atom. The summed E-state index contributed by atoms with van der Waals surface area (Å²) in [6, 6.07) is 27.7. The standard InChI is InChI=1S/C33H35N3O3S/c37-32-14-12-26-11-13-27(24-30(26)36(32)33(38)23-25-7-2-1-3-8-25)39-21-5-4-16-34-17-19-35(20-18-34)29-9-6-10-31-28(29)15-22-40-31/h1-3,6-15,22,24,33,38H,4-5,16-21,23H2. The Morgan fingerprint density at radius 3 is 2.55 bits per heavy atom. The van der Waals surface area contributed by atoms with Gasteiger partial charge in [0.1, 0.15) is 12.0 Å². The monoisotopic (exact) mass is 553 g/mol. The molecule has 7 heteroatoms. The third kappa shape index (κ3) is 5.92. The van der Waals surface area contributed by atoms with Gasteiger partial charge in [0.25, 0.3) is 5.56 Å². The zero-order chi connectivity index (χ0) is 27.3. The van der Waals surface area contributed by atoms with E-state index in [4.69, 9.17) is 4.74 Å². The number of aliphatic hydroxyl groups is 1. The molecule has 0 aliphatic carbocycles. The number of nitrogens with zero attached hydrogens (tertiary/aromatic N) is 3. The molecule has 1 aliphatic heterocycles. The van der Waals surface area contributed by atoms with Crippen molar-refractivity contribution in [2.75, 3.05) is 44.2 Å². The second-order valence-electron chi connectivity index (χ2n) is 10.4. The van der Waals surface area contributed by atoms with Crippen LogP contribution < -0.4 is 15.2 Å². The van der Waals surface area contributed by atoms with Crippen molar-refractivity contribution < 1.29 is 9.84 Å². The lowest BCUT2D eigenvalue weighted by atomic mass is 10.1. The Kier molecular flexibility index (Phi) is 8.14. The van der Waals surface area contributed by atoms with Crippen LogP contribution in [-0.2, 0) is 6.42 Å². The molecule has 1 aliphatic rings. The van der Waals surface area contributed by atoms with E-state index in [-0.39, 0.29) is 5.56 Å². The van der Waals surface area contributed by atoms with E-state index in [0.29, 0.717) is 18.5 Å². The van der Waals surface area contributed by atoms with Gasteiger partial charge in [-0.1, -0.05) is 36.4 Å². The maximum absolute atomic E-state index is 12.7. The number of aromatic nitrogens is 1. The van der Waals surface area contributed by atoms with Crippen molar-refractivity contribution in [3.8, 4) is 5.75 Å². The topological polar surface area (TPSA) is 57.9 Å². The normalized spacial score (nSPS) is 15.1. The number of hydrogen-bond acceptors (Lipinski definition) is 6. The highest BCUT2D eigenvalue weighted by Gasteiger charge is 2.19. The fourth-order valence-electron chi connectivity index (χ4n) is 5.64. The van der Waals surface area contributed by atoms with E-state index < -0.39 is 6.23 Å². The van der Waals surface area contributed by atoms with Crippen LogP contribution >= 0.6 is 11.3 Å². The van der Waals surface area contributed by atoms with Gasteiger partial charge in [-0.15, -0.1) is 11.3 Å². The van der Waals surface area contributed by atoms with Gasteiger partial charge in [-0.3, -0.25) is 14.3 Å². The van der Waals surface area contributed by atoms with E-state index in [2.05, 4.69) is 39.4 Å². The second-order valence-corrected chi connectivity index (χ2v) is 11.4. The van der Waals surface area contributed by atoms with Gasteiger partial charge < -0.3 is 14.7 Å². The largest absolute Gasteiger partial charge is 0.494 e. The molecule has 6 rings (SSSR count). The maximum atomic E-state index is 12.7. The highest BCUT2D eigenvalue weighted by Crippen LogP contribution is 2.31. The number of unbranched alkanes of at least 4 members (excludes halogenated alkanes) is 1. The number of benzene rings is 3. The van der Waals surface area contributed by atoms with Crippen LogP contribution in [0.1, 0.15) is 24.6 Å². The van der Waals surface area contributed by atoms with Crippen molar-refractivity contribution in [1.82, 2.24) is 9.47 Å². The summed E-state index contributed by atoms with van der Waals surface area (Å²) >= 11 is 1.81. The van der Waals surface area contributed by atoms with E-state index in [9.17, 15) is 9.90 Å². The third-order valence-corrected chi connectivity index (χ3v) is 8.67. The predicted octanol–water partition coefficient (Wildman–Crippen LogP) is 5.93. The molecule has 0 radical (unpaired) electrons. The van der Waals surface area contributed by atoms with Crippen LogP contribution in [0.5, 0.6) is 5.75 Å². The number of aliphatic hydroxyl groups excluding tert-OH is 1. The van der Waals surface area contributed by atoms with E-state index >= 15 is 0 Å². The van der Waals surface area contributed by atoms with Gasteiger partial charge >= 0.3 is 0 Å². The molecule has 206 valence electrons. The molecule has 0 spiro atoms. The first-order valence-corrected chi connectivity index (χ1v) is 15.0. The van der Waals surface area contributed by atoms with Gasteiger partial charge in [-0.2, -0.15) is 0 Å². The van der Waals surface area contributed by atoms with Crippen molar-refractivity contribution in [2.24, 2.45) is 0 Å². The highest BCUT2D eigenvalue weighted by molar-refractivity contribution is 7.17. The number of piperazine rings is 1. The van der Waals surface area contributed by atoms with E-state index in [0.717, 1.165) is 62.3 Å². The number of rotatable bonds is 10. The maximum Gasteiger partial charge on any atom is 0.253 e. The van der Waals surface area contributed by atoms with Crippen LogP contribution in [0.25, 0.3) is 21.0 Å². The van der Waals surface area contributed by atoms with Crippen LogP contribution in [0.2, 0.25) is 0 Å². The average molecular weight is 554 g/mol. The lowest BCUT2D eigenvalue weighted by molar-refractivity contribution is 0.105. The smallest absolute Gasteiger partial charge is 0.253 e. The minimum Gasteiger partial charge on any atom is -0.494 e. The quantitative estimate of drug-likeness (QED) is 0.217. The summed E-state index contributed by atoms with van der Waals surface area (Å²) < 4.78 is 8.91. The molecule has 1 fully saturated rings. The average Bonchev–Trinajstić information content (AvgIpc) is 3.47. The lowest BCUT2D eigenvalue weighted by Crippen LogP contribution is -2.46. The van der Waals surface area contributed by atoms with Gasteiger partial charge in [-0.05, 0) is 72.1 Å². The summed E-state index contributed by atoms with van der Waals surface area (Å²) in [6.07, 6.45) is 1.45. The Balaban J connectivity index is 1.00. The second kappa shape index (κ2) is 12.3. The first-order chi connectivity index (χ1) is 19.7. The molecule has 1 atom stereocenters. The summed E-state index contributed by atoms with van der Waals surface area (Å²) in [5.74, 6) is 0.718. The summed E-state index contributed by atoms with van der Waals surface area (Å²) in [7, 11) is 0. The van der Waals surface area contributed by atoms with Crippen LogP contribution in [0, 0.1) is 0 Å². The highest BCUT2D eigenvalue weighted by atomic mass is 32.1. The summed E-state index contributed by atoms with van der Waals surface area (Å²) in [5.41, 5.74) is 2.80. The summed E-state index contributed by atoms with van der Waals surface area (Å²) in [5, 5.41) is 15.4. The van der Waals surface area contributed by atoms with Crippen LogP contribution in [0.3, 0.4) is 0 Å². The minimum atomic E-state index is -0.951. The van der Waals surface area contributed by atoms with E-state index in [1.807, 2.05) is 59.9 Å². The summed E-state index contributed by atoms with van der Waals surface area (Å²) in [6.45, 7) is 5.96. The zero-order valence-corrected chi connectivity index (χ0v) is 23.4. The van der Waals surface area contributed by atoms with E-state index in [1.54, 1.807) is 6.07 Å². The number of anilines is 1. The number of thiophene rings is 1. The van der Waals surface area contributed by atoms with E-state index in [1.165, 1.54) is 26.4 Å². The Hall–Kier alpha value is -3.65. The third-order valence-electron chi connectivity index (χ3n) is 7.79. The van der Waals surface area contributed by atoms with Crippen molar-refractivity contribution in [3.05, 3.63) is 106 Å². The van der Waals surface area contributed by atoms with Crippen LogP contribution in [-0.4, -0.2) is 53.9 Å². The van der Waals surface area contributed by atoms with Crippen LogP contribution in [0.15, 0.2) is 95.1 Å².